The van der Waals surface area contributed by atoms with Gasteiger partial charge < -0.3 is 4.52 Å². The second-order valence-corrected chi connectivity index (χ2v) is 7.70. The summed E-state index contributed by atoms with van der Waals surface area (Å²) in [4.78, 5) is 8.51. The summed E-state index contributed by atoms with van der Waals surface area (Å²) >= 11 is 0. The van der Waals surface area contributed by atoms with Crippen molar-refractivity contribution in [2.45, 2.75) is 51.0 Å². The fraction of sp³-hybridized carbons (Fsp3) is 0.533. The first kappa shape index (κ1) is 16.1. The van der Waals surface area contributed by atoms with Crippen LogP contribution in [0.5, 0.6) is 0 Å². The molecule has 0 aliphatic carbocycles. The second kappa shape index (κ2) is 6.01. The van der Waals surface area contributed by atoms with Gasteiger partial charge in [-0.15, -0.1) is 0 Å². The van der Waals surface area contributed by atoms with E-state index in [1.807, 2.05) is 6.92 Å². The van der Waals surface area contributed by atoms with E-state index in [9.17, 15) is 8.42 Å². The molecule has 0 N–H and O–H groups in total. The molecule has 1 fully saturated rings. The minimum absolute atomic E-state index is 0.177. The summed E-state index contributed by atoms with van der Waals surface area (Å²) < 4.78 is 32.9. The molecule has 0 radical (unpaired) electrons. The lowest BCUT2D eigenvalue weighted by molar-refractivity contribution is 0.250. The van der Waals surface area contributed by atoms with Crippen molar-refractivity contribution in [3.63, 3.8) is 0 Å². The standard InChI is InChI=1S/C15H20N4O3S/c1-10-8-16-9-17-14(10)13-6-4-5-7-19(13)23(20,21)15-11(2)18-22-12(15)3/h8-9,13H,4-7H2,1-3H3/t13-/m0/s1. The van der Waals surface area contributed by atoms with E-state index in [-0.39, 0.29) is 10.9 Å². The van der Waals surface area contributed by atoms with Crippen LogP contribution in [-0.4, -0.2) is 34.4 Å². The molecule has 0 amide bonds. The normalized spacial score (nSPS) is 19.9. The Balaban J connectivity index is 2.07. The van der Waals surface area contributed by atoms with Crippen LogP contribution in [0, 0.1) is 20.8 Å². The van der Waals surface area contributed by atoms with E-state index in [2.05, 4.69) is 15.1 Å². The average molecular weight is 336 g/mol. The zero-order chi connectivity index (χ0) is 16.6. The van der Waals surface area contributed by atoms with Crippen molar-refractivity contribution in [1.82, 2.24) is 19.4 Å². The summed E-state index contributed by atoms with van der Waals surface area (Å²) in [7, 11) is -3.68. The monoisotopic (exact) mass is 336 g/mol. The maximum absolute atomic E-state index is 13.2. The molecule has 3 heterocycles. The van der Waals surface area contributed by atoms with Crippen molar-refractivity contribution >= 4 is 10.0 Å². The first-order chi connectivity index (χ1) is 10.9. The van der Waals surface area contributed by atoms with Crippen molar-refractivity contribution in [1.29, 1.82) is 0 Å². The minimum Gasteiger partial charge on any atom is -0.360 e. The van der Waals surface area contributed by atoms with Gasteiger partial charge in [0.25, 0.3) is 0 Å². The van der Waals surface area contributed by atoms with Crippen molar-refractivity contribution in [2.24, 2.45) is 0 Å². The van der Waals surface area contributed by atoms with E-state index >= 15 is 0 Å². The number of hydrogen-bond donors (Lipinski definition) is 0. The molecule has 0 bridgehead atoms. The molecule has 1 aliphatic heterocycles. The molecule has 2 aromatic heterocycles. The largest absolute Gasteiger partial charge is 0.360 e. The van der Waals surface area contributed by atoms with Crippen LogP contribution in [0.1, 0.15) is 48.0 Å². The number of aryl methyl sites for hydroxylation is 3. The highest BCUT2D eigenvalue weighted by Gasteiger charge is 2.38. The molecule has 0 spiro atoms. The second-order valence-electron chi connectivity index (χ2n) is 5.87. The van der Waals surface area contributed by atoms with E-state index < -0.39 is 10.0 Å². The molecule has 3 rings (SSSR count). The van der Waals surface area contributed by atoms with E-state index in [1.165, 1.54) is 6.33 Å². The van der Waals surface area contributed by atoms with Crippen molar-refractivity contribution in [2.75, 3.05) is 6.54 Å². The maximum atomic E-state index is 13.2. The van der Waals surface area contributed by atoms with Crippen molar-refractivity contribution in [3.8, 4) is 0 Å². The van der Waals surface area contributed by atoms with Crippen LogP contribution < -0.4 is 0 Å². The fourth-order valence-corrected chi connectivity index (χ4v) is 5.14. The molecule has 0 aromatic carbocycles. The maximum Gasteiger partial charge on any atom is 0.249 e. The van der Waals surface area contributed by atoms with Gasteiger partial charge in [-0.1, -0.05) is 11.6 Å². The average Bonchev–Trinajstić information content (AvgIpc) is 2.87. The molecular weight excluding hydrogens is 316 g/mol. The molecule has 7 nitrogen and oxygen atoms in total. The lowest BCUT2D eigenvalue weighted by atomic mass is 9.99. The molecule has 1 atom stereocenters. The van der Waals surface area contributed by atoms with Gasteiger partial charge in [0, 0.05) is 12.7 Å². The van der Waals surface area contributed by atoms with Gasteiger partial charge in [-0.05, 0) is 39.2 Å². The van der Waals surface area contributed by atoms with E-state index in [1.54, 1.807) is 24.3 Å². The van der Waals surface area contributed by atoms with Crippen LogP contribution in [0.25, 0.3) is 0 Å². The summed E-state index contributed by atoms with van der Waals surface area (Å²) in [6.07, 6.45) is 5.75. The quantitative estimate of drug-likeness (QED) is 0.854. The van der Waals surface area contributed by atoms with Gasteiger partial charge in [-0.2, -0.15) is 4.31 Å². The zero-order valence-corrected chi connectivity index (χ0v) is 14.3. The highest BCUT2D eigenvalue weighted by atomic mass is 32.2. The Morgan fingerprint density at radius 2 is 2.04 bits per heavy atom. The molecule has 0 saturated carbocycles. The third-order valence-electron chi connectivity index (χ3n) is 4.24. The summed E-state index contributed by atoms with van der Waals surface area (Å²) in [5, 5.41) is 3.79. The highest BCUT2D eigenvalue weighted by Crippen LogP contribution is 2.36. The SMILES string of the molecule is Cc1cncnc1[C@@H]1CCCCN1S(=O)(=O)c1c(C)noc1C. The number of nitrogens with zero attached hydrogens (tertiary/aromatic N) is 4. The Labute approximate surface area is 135 Å². The van der Waals surface area contributed by atoms with E-state index in [4.69, 9.17) is 4.52 Å². The minimum atomic E-state index is -3.68. The van der Waals surface area contributed by atoms with Crippen molar-refractivity contribution < 1.29 is 12.9 Å². The van der Waals surface area contributed by atoms with Crippen LogP contribution in [0.3, 0.4) is 0 Å². The number of piperidine rings is 1. The van der Waals surface area contributed by atoms with Gasteiger partial charge in [0.1, 0.15) is 16.9 Å². The molecule has 1 saturated heterocycles. The van der Waals surface area contributed by atoms with Crippen molar-refractivity contribution in [3.05, 3.63) is 35.2 Å². The molecule has 0 unspecified atom stereocenters. The lowest BCUT2D eigenvalue weighted by Crippen LogP contribution is -2.39. The number of hydrogen-bond acceptors (Lipinski definition) is 6. The molecule has 124 valence electrons. The van der Waals surface area contributed by atoms with Gasteiger partial charge in [0.15, 0.2) is 5.76 Å². The Morgan fingerprint density at radius 1 is 1.26 bits per heavy atom. The molecule has 23 heavy (non-hydrogen) atoms. The first-order valence-corrected chi connectivity index (χ1v) is 9.08. The third kappa shape index (κ3) is 2.76. The Kier molecular flexibility index (Phi) is 4.20. The summed E-state index contributed by atoms with van der Waals surface area (Å²) in [5.74, 6) is 0.325. The lowest BCUT2D eigenvalue weighted by Gasteiger charge is -2.34. The predicted molar refractivity (Wildman–Crippen MR) is 83.2 cm³/mol. The topological polar surface area (TPSA) is 89.2 Å². The molecule has 2 aromatic rings. The Hall–Kier alpha value is -1.80. The van der Waals surface area contributed by atoms with Crippen LogP contribution in [0.15, 0.2) is 21.9 Å². The Morgan fingerprint density at radius 3 is 2.70 bits per heavy atom. The molecular formula is C15H20N4O3S. The predicted octanol–water partition coefficient (Wildman–Crippen LogP) is 2.31. The zero-order valence-electron chi connectivity index (χ0n) is 13.5. The van der Waals surface area contributed by atoms with Gasteiger partial charge >= 0.3 is 0 Å². The number of rotatable bonds is 3. The highest BCUT2D eigenvalue weighted by molar-refractivity contribution is 7.89. The van der Waals surface area contributed by atoms with Crippen LogP contribution >= 0.6 is 0 Å². The number of aromatic nitrogens is 3. The smallest absolute Gasteiger partial charge is 0.249 e. The summed E-state index contributed by atoms with van der Waals surface area (Å²) in [6, 6.07) is -0.273. The van der Waals surface area contributed by atoms with Gasteiger partial charge in [-0.25, -0.2) is 18.4 Å². The van der Waals surface area contributed by atoms with E-state index in [0.717, 1.165) is 30.5 Å². The molecule has 8 heteroatoms. The van der Waals surface area contributed by atoms with Crippen LogP contribution in [-0.2, 0) is 10.0 Å². The number of sulfonamides is 1. The van der Waals surface area contributed by atoms with Gasteiger partial charge in [-0.3, -0.25) is 0 Å². The van der Waals surface area contributed by atoms with Crippen LogP contribution in [0.2, 0.25) is 0 Å². The summed E-state index contributed by atoms with van der Waals surface area (Å²) in [5.41, 5.74) is 2.07. The Bertz CT molecular complexity index is 796. The van der Waals surface area contributed by atoms with Crippen LogP contribution in [0.4, 0.5) is 0 Å². The van der Waals surface area contributed by atoms with Gasteiger partial charge in [0.05, 0.1) is 11.7 Å². The van der Waals surface area contributed by atoms with Gasteiger partial charge in [0.2, 0.25) is 10.0 Å². The third-order valence-corrected chi connectivity index (χ3v) is 6.39. The molecule has 1 aliphatic rings. The fourth-order valence-electron chi connectivity index (χ4n) is 3.18. The van der Waals surface area contributed by atoms with E-state index in [0.29, 0.717) is 18.0 Å². The first-order valence-electron chi connectivity index (χ1n) is 7.64. The summed E-state index contributed by atoms with van der Waals surface area (Å²) in [6.45, 7) is 5.66.